The molecule has 9 rings (SSSR count). The molecular formula is C82H111N11O6Pt. The number of allylic oxidation sites excluding steroid dienone is 1. The van der Waals surface area contributed by atoms with Gasteiger partial charge in [-0.2, -0.15) is 0 Å². The number of carbonyl (C=O) groups excluding carboxylic acids is 3. The molecule has 17 nitrogen and oxygen atoms in total. The fourth-order valence-electron chi connectivity index (χ4n) is 10.9. The second-order valence-corrected chi connectivity index (χ2v) is 27.8. The zero-order valence-electron chi connectivity index (χ0n) is 63.4. The number of Topliss-reactive ketones (excluding diaryl/α,β-unsaturated/α-hetero) is 2. The molecule has 0 saturated carbocycles. The van der Waals surface area contributed by atoms with Crippen LogP contribution in [0.15, 0.2) is 121 Å². The predicted octanol–water partition coefficient (Wildman–Crippen LogP) is 17.4. The topological polar surface area (TPSA) is 241 Å². The third kappa shape index (κ3) is 28.7. The smallest absolute Gasteiger partial charge is 0.573 e. The molecule has 9 heterocycles. The molecule has 8 aromatic rings. The molecule has 0 aromatic carbocycles. The Balaban J connectivity index is 0.000000313. The number of rotatable bonds is 24. The Morgan fingerprint density at radius 3 is 1.04 bits per heavy atom. The minimum Gasteiger partial charge on any atom is -0.573 e. The van der Waals surface area contributed by atoms with E-state index >= 15 is 0 Å². The molecule has 0 amide bonds. The van der Waals surface area contributed by atoms with Crippen molar-refractivity contribution in [3.63, 3.8) is 0 Å². The van der Waals surface area contributed by atoms with Gasteiger partial charge in [-0.25, -0.2) is 19.6 Å². The van der Waals surface area contributed by atoms with Crippen molar-refractivity contribution in [2.75, 3.05) is 13.7 Å². The molecule has 1 N–H and O–H groups in total. The Labute approximate surface area is 611 Å². The monoisotopic (exact) mass is 1540 g/mol. The van der Waals surface area contributed by atoms with E-state index in [4.69, 9.17) is 5.11 Å². The number of carboxylic acid groups (broad SMARTS) is 1. The molecule has 1 atom stereocenters. The average Bonchev–Trinajstić information content (AvgIpc) is 1.69. The SMILES string of the molecule is CC(C)Cc1ccc(C(=O)O)nc1.CCC(=O)C(C)C(=O)c1ccc(CC(C)C)cn1.CCC1=NCC(c2ccc(CC(C)C)cn2)=C1C.CCc1n[n-]c(-c2ccc(CC(C)C)cn2)c1C.CCc1n[n-]c(-c2ccc(CC(C)C)cn2)c1C.COC(=O)c1ccc(CC(C)C)cn1.[Pt+2]. The van der Waals surface area contributed by atoms with E-state index in [-0.39, 0.29) is 44.3 Å². The van der Waals surface area contributed by atoms with Crippen LogP contribution in [0.2, 0.25) is 0 Å². The number of hydrogen-bond acceptors (Lipinski definition) is 14. The van der Waals surface area contributed by atoms with Gasteiger partial charge >= 0.3 is 33.0 Å². The van der Waals surface area contributed by atoms with E-state index in [9.17, 15) is 19.2 Å². The van der Waals surface area contributed by atoms with Crippen LogP contribution in [-0.2, 0) is 82.0 Å². The van der Waals surface area contributed by atoms with Gasteiger partial charge in [-0.3, -0.25) is 34.5 Å². The Hall–Kier alpha value is -8.30. The third-order valence-corrected chi connectivity index (χ3v) is 16.1. The molecule has 0 bridgehead atoms. The number of methoxy groups -OCH3 is 1. The normalized spacial score (nSPS) is 11.8. The van der Waals surface area contributed by atoms with Crippen molar-refractivity contribution in [1.82, 2.24) is 50.3 Å². The molecule has 0 fully saturated rings. The summed E-state index contributed by atoms with van der Waals surface area (Å²) < 4.78 is 4.56. The van der Waals surface area contributed by atoms with E-state index in [0.29, 0.717) is 53.3 Å². The standard InChI is InChI=1S/C16H22N2.2C15H20N3.C15H21NO2.C11H15NO2.C10H13NO2.Pt/c1-5-15-12(4)14(10-18-15)16-7-6-13(9-17-16)8-11(2)3;2*1-5-13-11(4)15(18-17-13)14-7-6-12(9-16-14)8-10(2)3;1-5-14(17)11(4)15(18)13-7-6-12(9-16-13)8-10(2)3;1-8(2)6-9-4-5-10(12-7-9)11(13)14-3;1-7(2)5-8-3-4-9(10(12)13)11-6-8;/h6-7,9,11H,5,8,10H2,1-4H3;2*6-7,9-10H,5,8H2,1-4H3;6-7,9-11H,5,8H2,1-4H3;4-5,7-8H,6H2,1-3H3;3-4,6-7H,5H2,1-2H3,(H,12,13);/q;2*-1;;;;+2. The number of pyridine rings is 6. The number of esters is 1. The maximum atomic E-state index is 12.0. The van der Waals surface area contributed by atoms with E-state index in [1.165, 1.54) is 40.7 Å². The molecule has 0 saturated heterocycles. The summed E-state index contributed by atoms with van der Waals surface area (Å²) in [7, 11) is 1.35. The van der Waals surface area contributed by atoms with Crippen molar-refractivity contribution in [2.24, 2.45) is 46.4 Å². The van der Waals surface area contributed by atoms with Crippen LogP contribution >= 0.6 is 0 Å². The Morgan fingerprint density at radius 1 is 0.450 bits per heavy atom. The van der Waals surface area contributed by atoms with Crippen molar-refractivity contribution in [3.8, 4) is 22.8 Å². The molecule has 1 unspecified atom stereocenters. The maximum absolute atomic E-state index is 12.0. The van der Waals surface area contributed by atoms with E-state index in [2.05, 4.69) is 209 Å². The van der Waals surface area contributed by atoms with Gasteiger partial charge in [-0.05, 0) is 207 Å². The summed E-state index contributed by atoms with van der Waals surface area (Å²) in [6, 6.07) is 23.3. The number of aryl methyl sites for hydroxylation is 2. The van der Waals surface area contributed by atoms with Crippen molar-refractivity contribution >= 4 is 34.8 Å². The number of aromatic carboxylic acids is 1. The summed E-state index contributed by atoms with van der Waals surface area (Å²) in [4.78, 5) is 75.2. The number of hydrogen-bond donors (Lipinski definition) is 1. The van der Waals surface area contributed by atoms with Crippen molar-refractivity contribution in [3.05, 3.63) is 194 Å². The quantitative estimate of drug-likeness (QED) is 0.0336. The number of aliphatic imine (C=N–C) groups is 1. The van der Waals surface area contributed by atoms with Gasteiger partial charge in [0.25, 0.3) is 0 Å². The molecule has 1 aliphatic heterocycles. The fourth-order valence-corrected chi connectivity index (χ4v) is 10.9. The van der Waals surface area contributed by atoms with Crippen LogP contribution < -0.4 is 10.2 Å². The van der Waals surface area contributed by atoms with Crippen LogP contribution in [-0.4, -0.2) is 88.1 Å². The summed E-state index contributed by atoms with van der Waals surface area (Å²) in [5, 5.41) is 25.4. The van der Waals surface area contributed by atoms with Gasteiger partial charge in [0.2, 0.25) is 0 Å². The molecule has 100 heavy (non-hydrogen) atoms. The van der Waals surface area contributed by atoms with Gasteiger partial charge < -0.3 is 30.2 Å². The molecule has 8 aromatic heterocycles. The summed E-state index contributed by atoms with van der Waals surface area (Å²) >= 11 is 0. The van der Waals surface area contributed by atoms with E-state index < -0.39 is 11.9 Å². The van der Waals surface area contributed by atoms with Gasteiger partial charge in [0.1, 0.15) is 22.9 Å². The van der Waals surface area contributed by atoms with Gasteiger partial charge in [-0.1, -0.05) is 159 Å². The first-order valence-electron chi connectivity index (χ1n) is 35.3. The van der Waals surface area contributed by atoms with Crippen LogP contribution in [0.5, 0.6) is 0 Å². The molecule has 540 valence electrons. The van der Waals surface area contributed by atoms with Crippen LogP contribution in [0.4, 0.5) is 0 Å². The second kappa shape index (κ2) is 44.1. The van der Waals surface area contributed by atoms with Crippen LogP contribution in [0.25, 0.3) is 28.3 Å². The molecular weight excluding hydrogens is 1430 g/mol. The summed E-state index contributed by atoms with van der Waals surface area (Å²) in [6.45, 7) is 43.0. The summed E-state index contributed by atoms with van der Waals surface area (Å²) in [6.07, 6.45) is 20.4. The zero-order chi connectivity index (χ0) is 73.5. The first-order chi connectivity index (χ1) is 47.0. The van der Waals surface area contributed by atoms with Crippen LogP contribution in [0.3, 0.4) is 0 Å². The van der Waals surface area contributed by atoms with Crippen molar-refractivity contribution in [2.45, 2.75) is 203 Å². The summed E-state index contributed by atoms with van der Waals surface area (Å²) in [5.41, 5.74) is 21.2. The minimum atomic E-state index is -0.976. The Bertz CT molecular complexity index is 3710. The second-order valence-electron chi connectivity index (χ2n) is 27.8. The van der Waals surface area contributed by atoms with E-state index in [1.54, 1.807) is 50.6 Å². The molecule has 1 aliphatic rings. The Kier molecular flexibility index (Phi) is 37.9. The van der Waals surface area contributed by atoms with Gasteiger partial charge in [0, 0.05) is 77.7 Å². The molecule has 18 heteroatoms. The predicted molar refractivity (Wildman–Crippen MR) is 400 cm³/mol. The number of ether oxygens (including phenoxy) is 1. The van der Waals surface area contributed by atoms with E-state index in [1.807, 2.05) is 48.9 Å². The molecule has 0 aliphatic carbocycles. The number of ketones is 2. The van der Waals surface area contributed by atoms with Crippen molar-refractivity contribution in [1.29, 1.82) is 0 Å². The fraction of sp³-hybridized carbons (Fsp3) is 0.476. The molecule has 0 radical (unpaired) electrons. The number of nitrogens with zero attached hydrogens (tertiary/aromatic N) is 11. The van der Waals surface area contributed by atoms with Crippen molar-refractivity contribution < 1.29 is 50.1 Å². The number of aromatic nitrogens is 10. The largest absolute Gasteiger partial charge is 2.00 e. The van der Waals surface area contributed by atoms with Gasteiger partial charge in [0.05, 0.1) is 25.3 Å². The third-order valence-electron chi connectivity index (χ3n) is 16.1. The first-order valence-corrected chi connectivity index (χ1v) is 35.3. The summed E-state index contributed by atoms with van der Waals surface area (Å²) in [5.74, 6) is 1.56. The maximum Gasteiger partial charge on any atom is 2.00 e. The average molecular weight is 1540 g/mol. The van der Waals surface area contributed by atoms with Gasteiger partial charge in [0.15, 0.2) is 5.78 Å². The number of carbonyl (C=O) groups is 4. The first kappa shape index (κ1) is 85.9. The molecule has 0 spiro atoms. The Morgan fingerprint density at radius 2 is 0.780 bits per heavy atom. The van der Waals surface area contributed by atoms with Gasteiger partial charge in [-0.15, -0.1) is 0 Å². The van der Waals surface area contributed by atoms with E-state index in [0.717, 1.165) is 132 Å². The minimum absolute atomic E-state index is 0. The number of carboxylic acids is 1. The van der Waals surface area contributed by atoms with Crippen LogP contribution in [0, 0.1) is 55.3 Å². The van der Waals surface area contributed by atoms with Crippen LogP contribution in [0.1, 0.15) is 231 Å². The zero-order valence-corrected chi connectivity index (χ0v) is 65.7.